The highest BCUT2D eigenvalue weighted by Crippen LogP contribution is 2.18. The molecule has 0 rings (SSSR count). The molecule has 0 spiro atoms. The number of rotatable bonds is 52. The molecular formula is C57H110O6. The van der Waals surface area contributed by atoms with Crippen LogP contribution in [0.25, 0.3) is 0 Å². The molecule has 0 aromatic rings. The minimum Gasteiger partial charge on any atom is -0.462 e. The number of hydrogen-bond donors (Lipinski definition) is 0. The van der Waals surface area contributed by atoms with Crippen molar-refractivity contribution in [2.24, 2.45) is 5.92 Å². The van der Waals surface area contributed by atoms with E-state index in [1.165, 1.54) is 218 Å². The summed E-state index contributed by atoms with van der Waals surface area (Å²) in [7, 11) is 0. The number of carbonyl (C=O) groups excluding carboxylic acids is 3. The number of hydrogen-bond acceptors (Lipinski definition) is 6. The van der Waals surface area contributed by atoms with Gasteiger partial charge in [0.1, 0.15) is 13.2 Å². The monoisotopic (exact) mass is 891 g/mol. The number of esters is 3. The van der Waals surface area contributed by atoms with E-state index in [2.05, 4.69) is 27.7 Å². The van der Waals surface area contributed by atoms with Gasteiger partial charge >= 0.3 is 17.9 Å². The first-order chi connectivity index (χ1) is 30.9. The van der Waals surface area contributed by atoms with E-state index in [1.54, 1.807) is 0 Å². The first-order valence-electron chi connectivity index (χ1n) is 28.4. The molecule has 0 heterocycles. The Morgan fingerprint density at radius 1 is 0.302 bits per heavy atom. The molecule has 1 atom stereocenters. The van der Waals surface area contributed by atoms with Crippen LogP contribution in [0.3, 0.4) is 0 Å². The third-order valence-corrected chi connectivity index (χ3v) is 13.0. The Morgan fingerprint density at radius 3 is 0.778 bits per heavy atom. The zero-order chi connectivity index (χ0) is 45.9. The fourth-order valence-corrected chi connectivity index (χ4v) is 8.75. The summed E-state index contributed by atoms with van der Waals surface area (Å²) in [5.41, 5.74) is 0. The second-order valence-electron chi connectivity index (χ2n) is 20.1. The molecule has 0 amide bonds. The highest BCUT2D eigenvalue weighted by atomic mass is 16.6. The lowest BCUT2D eigenvalue weighted by molar-refractivity contribution is -0.167. The Hall–Kier alpha value is -1.59. The molecule has 0 radical (unpaired) electrons. The summed E-state index contributed by atoms with van der Waals surface area (Å²) in [6, 6.07) is 0. The molecule has 6 heteroatoms. The van der Waals surface area contributed by atoms with Gasteiger partial charge < -0.3 is 14.2 Å². The molecule has 63 heavy (non-hydrogen) atoms. The van der Waals surface area contributed by atoms with Crippen molar-refractivity contribution in [2.45, 2.75) is 329 Å². The van der Waals surface area contributed by atoms with Crippen molar-refractivity contribution in [1.82, 2.24) is 0 Å². The summed E-state index contributed by atoms with van der Waals surface area (Å²) in [5, 5.41) is 0. The first kappa shape index (κ1) is 61.4. The largest absolute Gasteiger partial charge is 0.462 e. The van der Waals surface area contributed by atoms with E-state index in [1.807, 2.05) is 0 Å². The van der Waals surface area contributed by atoms with Gasteiger partial charge in [0.15, 0.2) is 6.10 Å². The molecule has 0 saturated heterocycles. The summed E-state index contributed by atoms with van der Waals surface area (Å²) in [6.07, 6.45) is 55.3. The second kappa shape index (κ2) is 51.4. The van der Waals surface area contributed by atoms with Crippen LogP contribution in [0.4, 0.5) is 0 Å². The van der Waals surface area contributed by atoms with Gasteiger partial charge in [-0.3, -0.25) is 14.4 Å². The van der Waals surface area contributed by atoms with Gasteiger partial charge in [-0.25, -0.2) is 0 Å². The van der Waals surface area contributed by atoms with Crippen LogP contribution in [-0.2, 0) is 28.6 Å². The molecule has 0 fully saturated rings. The van der Waals surface area contributed by atoms with Gasteiger partial charge in [-0.2, -0.15) is 0 Å². The van der Waals surface area contributed by atoms with Gasteiger partial charge in [-0.1, -0.05) is 285 Å². The van der Waals surface area contributed by atoms with Crippen LogP contribution in [0.15, 0.2) is 0 Å². The molecule has 0 bridgehead atoms. The van der Waals surface area contributed by atoms with Crippen LogP contribution >= 0.6 is 0 Å². The molecule has 374 valence electrons. The fourth-order valence-electron chi connectivity index (χ4n) is 8.75. The van der Waals surface area contributed by atoms with Gasteiger partial charge in [0.05, 0.1) is 0 Å². The Balaban J connectivity index is 4.26. The maximum Gasteiger partial charge on any atom is 0.306 e. The minimum absolute atomic E-state index is 0.0625. The maximum atomic E-state index is 12.8. The number of ether oxygens (including phenoxy) is 3. The van der Waals surface area contributed by atoms with Crippen LogP contribution < -0.4 is 0 Å². The molecule has 0 unspecified atom stereocenters. The Bertz CT molecular complexity index is 949. The summed E-state index contributed by atoms with van der Waals surface area (Å²) in [4.78, 5) is 38.1. The normalized spacial score (nSPS) is 12.0. The van der Waals surface area contributed by atoms with Crippen molar-refractivity contribution in [3.63, 3.8) is 0 Å². The molecular weight excluding hydrogens is 781 g/mol. The van der Waals surface area contributed by atoms with Crippen LogP contribution in [0.2, 0.25) is 0 Å². The van der Waals surface area contributed by atoms with Crippen molar-refractivity contribution in [2.75, 3.05) is 13.2 Å². The van der Waals surface area contributed by atoms with Gasteiger partial charge in [0.25, 0.3) is 0 Å². The summed E-state index contributed by atoms with van der Waals surface area (Å²) in [5.74, 6) is -0.0432. The molecule has 0 N–H and O–H groups in total. The van der Waals surface area contributed by atoms with Crippen molar-refractivity contribution >= 4 is 17.9 Å². The lowest BCUT2D eigenvalue weighted by Crippen LogP contribution is -2.30. The average molecular weight is 892 g/mol. The SMILES string of the molecule is CCCCCCCCCCCCCCCCCCCCC(=O)O[C@@H](COC(=O)CCCCCCCCCCCCCCCCCC)COC(=O)CCCCCCCCCCC(C)C. The smallest absolute Gasteiger partial charge is 0.306 e. The highest BCUT2D eigenvalue weighted by molar-refractivity contribution is 5.71. The van der Waals surface area contributed by atoms with Crippen molar-refractivity contribution in [1.29, 1.82) is 0 Å². The van der Waals surface area contributed by atoms with E-state index in [4.69, 9.17) is 14.2 Å². The minimum atomic E-state index is -0.762. The summed E-state index contributed by atoms with van der Waals surface area (Å²) >= 11 is 0. The van der Waals surface area contributed by atoms with E-state index < -0.39 is 6.10 Å². The van der Waals surface area contributed by atoms with Gasteiger partial charge in [0, 0.05) is 19.3 Å². The molecule has 0 aliphatic rings. The van der Waals surface area contributed by atoms with Crippen molar-refractivity contribution < 1.29 is 28.6 Å². The zero-order valence-electron chi connectivity index (χ0n) is 43.0. The average Bonchev–Trinajstić information content (AvgIpc) is 3.27. The van der Waals surface area contributed by atoms with E-state index in [0.29, 0.717) is 19.3 Å². The molecule has 0 aliphatic heterocycles. The van der Waals surface area contributed by atoms with Crippen LogP contribution in [0.5, 0.6) is 0 Å². The molecule has 0 saturated carbocycles. The topological polar surface area (TPSA) is 78.9 Å². The van der Waals surface area contributed by atoms with E-state index in [9.17, 15) is 14.4 Å². The predicted molar refractivity (Wildman–Crippen MR) is 270 cm³/mol. The zero-order valence-corrected chi connectivity index (χ0v) is 43.0. The van der Waals surface area contributed by atoms with Crippen molar-refractivity contribution in [3.8, 4) is 0 Å². The van der Waals surface area contributed by atoms with Gasteiger partial charge in [-0.15, -0.1) is 0 Å². The molecule has 0 aliphatic carbocycles. The second-order valence-corrected chi connectivity index (χ2v) is 20.1. The maximum absolute atomic E-state index is 12.8. The van der Waals surface area contributed by atoms with Gasteiger partial charge in [-0.05, 0) is 25.2 Å². The predicted octanol–water partition coefficient (Wildman–Crippen LogP) is 18.6. The van der Waals surface area contributed by atoms with Crippen molar-refractivity contribution in [3.05, 3.63) is 0 Å². The lowest BCUT2D eigenvalue weighted by Gasteiger charge is -2.18. The van der Waals surface area contributed by atoms with Gasteiger partial charge in [0.2, 0.25) is 0 Å². The molecule has 0 aromatic carbocycles. The van der Waals surface area contributed by atoms with E-state index in [0.717, 1.165) is 63.7 Å². The number of carbonyl (C=O) groups is 3. The van der Waals surface area contributed by atoms with E-state index in [-0.39, 0.29) is 31.1 Å². The Labute approximate surface area is 393 Å². The molecule has 6 nitrogen and oxygen atoms in total. The molecule has 0 aromatic heterocycles. The Kier molecular flexibility index (Phi) is 50.1. The number of unbranched alkanes of at least 4 members (excludes halogenated alkanes) is 39. The Morgan fingerprint density at radius 2 is 0.524 bits per heavy atom. The quantitative estimate of drug-likeness (QED) is 0.0344. The lowest BCUT2D eigenvalue weighted by atomic mass is 10.0. The summed E-state index contributed by atoms with van der Waals surface area (Å²) < 4.78 is 16.9. The standard InChI is InChI=1S/C57H110O6/c1-5-7-9-11-13-15-17-19-21-23-24-26-28-30-32-38-42-46-50-57(60)63-54(52-62-56(59)49-45-41-37-34-33-35-39-43-47-53(3)4)51-61-55(58)48-44-40-36-31-29-27-25-22-20-18-16-14-12-10-8-6-2/h53-54H,5-52H2,1-4H3/t54-/m0/s1. The van der Waals surface area contributed by atoms with E-state index >= 15 is 0 Å². The fraction of sp³-hybridized carbons (Fsp3) is 0.947. The third kappa shape index (κ3) is 51.3. The first-order valence-corrected chi connectivity index (χ1v) is 28.4. The van der Waals surface area contributed by atoms with Crippen LogP contribution in [0.1, 0.15) is 323 Å². The highest BCUT2D eigenvalue weighted by Gasteiger charge is 2.19. The van der Waals surface area contributed by atoms with Crippen LogP contribution in [-0.4, -0.2) is 37.2 Å². The third-order valence-electron chi connectivity index (χ3n) is 13.0. The van der Waals surface area contributed by atoms with Crippen LogP contribution in [0, 0.1) is 5.92 Å². The summed E-state index contributed by atoms with van der Waals surface area (Å²) in [6.45, 7) is 9.02.